The van der Waals surface area contributed by atoms with Crippen molar-refractivity contribution in [3.8, 4) is 11.5 Å². The second-order valence-corrected chi connectivity index (χ2v) is 5.33. The van der Waals surface area contributed by atoms with Crippen molar-refractivity contribution >= 4 is 5.91 Å². The Hall–Kier alpha value is -2.50. The first-order chi connectivity index (χ1) is 10.6. The number of carbonyl (C=O) groups is 1. The first kappa shape index (κ1) is 14.4. The SMILES string of the molecule is CC(C(=O)N(C)Cc1ccc2c(c1)OCCO2)n1cccn1. The highest BCUT2D eigenvalue weighted by Gasteiger charge is 2.20. The van der Waals surface area contributed by atoms with Crippen LogP contribution in [0.4, 0.5) is 0 Å². The lowest BCUT2D eigenvalue weighted by Gasteiger charge is -2.23. The van der Waals surface area contributed by atoms with Crippen molar-refractivity contribution in [1.82, 2.24) is 14.7 Å². The van der Waals surface area contributed by atoms with Crippen LogP contribution in [0.15, 0.2) is 36.7 Å². The van der Waals surface area contributed by atoms with Gasteiger partial charge in [0.05, 0.1) is 0 Å². The lowest BCUT2D eigenvalue weighted by Crippen LogP contribution is -2.33. The zero-order valence-electron chi connectivity index (χ0n) is 12.7. The second-order valence-electron chi connectivity index (χ2n) is 5.33. The Balaban J connectivity index is 1.68. The average molecular weight is 301 g/mol. The molecule has 0 saturated carbocycles. The van der Waals surface area contributed by atoms with Crippen molar-refractivity contribution in [2.24, 2.45) is 0 Å². The van der Waals surface area contributed by atoms with Crippen molar-refractivity contribution in [3.63, 3.8) is 0 Å². The first-order valence-corrected chi connectivity index (χ1v) is 7.28. The highest BCUT2D eigenvalue weighted by atomic mass is 16.6. The summed E-state index contributed by atoms with van der Waals surface area (Å²) >= 11 is 0. The fourth-order valence-electron chi connectivity index (χ4n) is 2.48. The molecule has 3 rings (SSSR count). The van der Waals surface area contributed by atoms with Crippen molar-refractivity contribution in [3.05, 3.63) is 42.2 Å². The third-order valence-electron chi connectivity index (χ3n) is 3.68. The minimum atomic E-state index is -0.322. The van der Waals surface area contributed by atoms with E-state index in [-0.39, 0.29) is 11.9 Å². The summed E-state index contributed by atoms with van der Waals surface area (Å²) in [6.07, 6.45) is 3.46. The Morgan fingerprint density at radius 3 is 2.86 bits per heavy atom. The molecule has 0 fully saturated rings. The molecule has 1 atom stereocenters. The maximum atomic E-state index is 12.4. The smallest absolute Gasteiger partial charge is 0.247 e. The van der Waals surface area contributed by atoms with Gasteiger partial charge in [-0.3, -0.25) is 9.48 Å². The normalized spacial score (nSPS) is 14.5. The van der Waals surface area contributed by atoms with E-state index in [4.69, 9.17) is 9.47 Å². The minimum Gasteiger partial charge on any atom is -0.486 e. The number of benzene rings is 1. The number of rotatable bonds is 4. The minimum absolute atomic E-state index is 0.0126. The Bertz CT molecular complexity index is 655. The van der Waals surface area contributed by atoms with E-state index in [2.05, 4.69) is 5.10 Å². The van der Waals surface area contributed by atoms with Gasteiger partial charge in [0.15, 0.2) is 11.5 Å². The van der Waals surface area contributed by atoms with Crippen molar-refractivity contribution in [2.75, 3.05) is 20.3 Å². The van der Waals surface area contributed by atoms with Crippen molar-refractivity contribution < 1.29 is 14.3 Å². The number of fused-ring (bicyclic) bond motifs is 1. The van der Waals surface area contributed by atoms with Crippen LogP contribution in [0.25, 0.3) is 0 Å². The van der Waals surface area contributed by atoms with Gasteiger partial charge in [0.1, 0.15) is 19.3 Å². The molecule has 6 heteroatoms. The van der Waals surface area contributed by atoms with Crippen LogP contribution < -0.4 is 9.47 Å². The Labute approximate surface area is 129 Å². The molecular formula is C16H19N3O3. The molecule has 2 aromatic rings. The van der Waals surface area contributed by atoms with Crippen LogP contribution in [0, 0.1) is 0 Å². The maximum absolute atomic E-state index is 12.4. The highest BCUT2D eigenvalue weighted by molar-refractivity contribution is 5.79. The summed E-state index contributed by atoms with van der Waals surface area (Å²) in [4.78, 5) is 14.1. The van der Waals surface area contributed by atoms with Crippen LogP contribution in [0.1, 0.15) is 18.5 Å². The standard InChI is InChI=1S/C16H19N3O3/c1-12(19-7-3-6-17-19)16(20)18(2)11-13-4-5-14-15(10-13)22-9-8-21-14/h3-7,10,12H,8-9,11H2,1-2H3. The van der Waals surface area contributed by atoms with E-state index in [9.17, 15) is 4.79 Å². The molecule has 1 aromatic heterocycles. The molecule has 1 aliphatic rings. The number of amides is 1. The Morgan fingerprint density at radius 1 is 1.36 bits per heavy atom. The third kappa shape index (κ3) is 2.90. The van der Waals surface area contributed by atoms with Gasteiger partial charge in [-0.15, -0.1) is 0 Å². The van der Waals surface area contributed by atoms with Gasteiger partial charge in [-0.05, 0) is 30.7 Å². The molecule has 0 spiro atoms. The number of hydrogen-bond donors (Lipinski definition) is 0. The number of likely N-dealkylation sites (N-methyl/N-ethyl adjacent to an activating group) is 1. The van der Waals surface area contributed by atoms with Crippen LogP contribution in [-0.4, -0.2) is 40.8 Å². The van der Waals surface area contributed by atoms with Gasteiger partial charge in [-0.1, -0.05) is 6.07 Å². The summed E-state index contributed by atoms with van der Waals surface area (Å²) in [6, 6.07) is 7.26. The molecule has 0 saturated heterocycles. The first-order valence-electron chi connectivity index (χ1n) is 7.28. The topological polar surface area (TPSA) is 56.6 Å². The zero-order chi connectivity index (χ0) is 15.5. The molecule has 0 N–H and O–H groups in total. The Morgan fingerprint density at radius 2 is 2.14 bits per heavy atom. The summed E-state index contributed by atoms with van der Waals surface area (Å²) in [7, 11) is 1.79. The highest BCUT2D eigenvalue weighted by Crippen LogP contribution is 2.31. The molecule has 2 heterocycles. The second kappa shape index (κ2) is 6.09. The lowest BCUT2D eigenvalue weighted by molar-refractivity contribution is -0.133. The fraction of sp³-hybridized carbons (Fsp3) is 0.375. The molecule has 1 unspecified atom stereocenters. The van der Waals surface area contributed by atoms with Gasteiger partial charge >= 0.3 is 0 Å². The van der Waals surface area contributed by atoms with Gasteiger partial charge in [-0.2, -0.15) is 5.10 Å². The molecule has 0 radical (unpaired) electrons. The lowest BCUT2D eigenvalue weighted by atomic mass is 10.1. The molecule has 0 bridgehead atoms. The number of nitrogens with zero attached hydrogens (tertiary/aromatic N) is 3. The van der Waals surface area contributed by atoms with Gasteiger partial charge in [0, 0.05) is 26.0 Å². The van der Waals surface area contributed by atoms with Crippen LogP contribution in [0.5, 0.6) is 11.5 Å². The van der Waals surface area contributed by atoms with E-state index in [0.717, 1.165) is 17.1 Å². The predicted octanol–water partition coefficient (Wildman–Crippen LogP) is 1.87. The zero-order valence-corrected chi connectivity index (χ0v) is 12.7. The van der Waals surface area contributed by atoms with Gasteiger partial charge in [-0.25, -0.2) is 0 Å². The van der Waals surface area contributed by atoms with E-state index in [0.29, 0.717) is 19.8 Å². The average Bonchev–Trinajstić information content (AvgIpc) is 3.07. The summed E-state index contributed by atoms with van der Waals surface area (Å²) in [5.41, 5.74) is 1.01. The summed E-state index contributed by atoms with van der Waals surface area (Å²) < 4.78 is 12.7. The molecular weight excluding hydrogens is 282 g/mol. The number of carbonyl (C=O) groups excluding carboxylic acids is 1. The molecule has 1 amide bonds. The largest absolute Gasteiger partial charge is 0.486 e. The van der Waals surface area contributed by atoms with Gasteiger partial charge in [0.2, 0.25) is 5.91 Å². The number of ether oxygens (including phenoxy) is 2. The summed E-state index contributed by atoms with van der Waals surface area (Å²) in [6.45, 7) is 3.49. The summed E-state index contributed by atoms with van der Waals surface area (Å²) in [5, 5.41) is 4.12. The summed E-state index contributed by atoms with van der Waals surface area (Å²) in [5.74, 6) is 1.51. The van der Waals surface area contributed by atoms with Crippen LogP contribution in [0.3, 0.4) is 0 Å². The number of hydrogen-bond acceptors (Lipinski definition) is 4. The van der Waals surface area contributed by atoms with Crippen LogP contribution in [-0.2, 0) is 11.3 Å². The van der Waals surface area contributed by atoms with E-state index in [1.54, 1.807) is 29.0 Å². The Kier molecular flexibility index (Phi) is 4.00. The monoisotopic (exact) mass is 301 g/mol. The quantitative estimate of drug-likeness (QED) is 0.865. The predicted molar refractivity (Wildman–Crippen MR) is 80.8 cm³/mol. The van der Waals surface area contributed by atoms with E-state index < -0.39 is 0 Å². The van der Waals surface area contributed by atoms with E-state index >= 15 is 0 Å². The van der Waals surface area contributed by atoms with E-state index in [1.807, 2.05) is 31.2 Å². The van der Waals surface area contributed by atoms with Crippen LogP contribution in [0.2, 0.25) is 0 Å². The van der Waals surface area contributed by atoms with Crippen molar-refractivity contribution in [2.45, 2.75) is 19.5 Å². The molecule has 6 nitrogen and oxygen atoms in total. The fourth-order valence-corrected chi connectivity index (χ4v) is 2.48. The van der Waals surface area contributed by atoms with Gasteiger partial charge in [0.25, 0.3) is 0 Å². The van der Waals surface area contributed by atoms with Gasteiger partial charge < -0.3 is 14.4 Å². The third-order valence-corrected chi connectivity index (χ3v) is 3.68. The molecule has 1 aliphatic heterocycles. The number of aromatic nitrogens is 2. The van der Waals surface area contributed by atoms with Crippen molar-refractivity contribution in [1.29, 1.82) is 0 Å². The van der Waals surface area contributed by atoms with Crippen LogP contribution >= 0.6 is 0 Å². The molecule has 0 aliphatic carbocycles. The van der Waals surface area contributed by atoms with E-state index in [1.165, 1.54) is 0 Å². The molecule has 1 aromatic carbocycles. The molecule has 22 heavy (non-hydrogen) atoms. The molecule has 116 valence electrons. The maximum Gasteiger partial charge on any atom is 0.247 e.